The predicted molar refractivity (Wildman–Crippen MR) is 117 cm³/mol. The number of likely N-dealkylation sites (N-methyl/N-ethyl adjacent to an activating group) is 1. The second-order valence-corrected chi connectivity index (χ2v) is 8.73. The van der Waals surface area contributed by atoms with Crippen LogP contribution in [0.25, 0.3) is 0 Å². The van der Waals surface area contributed by atoms with Crippen molar-refractivity contribution in [1.29, 1.82) is 0 Å². The van der Waals surface area contributed by atoms with Crippen LogP contribution < -0.4 is 21.3 Å². The van der Waals surface area contributed by atoms with Crippen LogP contribution in [0.15, 0.2) is 18.2 Å². The van der Waals surface area contributed by atoms with Gasteiger partial charge in [0.1, 0.15) is 5.60 Å². The molecule has 2 rings (SSSR count). The van der Waals surface area contributed by atoms with E-state index >= 15 is 0 Å². The Labute approximate surface area is 190 Å². The van der Waals surface area contributed by atoms with Crippen molar-refractivity contribution in [2.45, 2.75) is 45.3 Å². The fourth-order valence-electron chi connectivity index (χ4n) is 3.13. The van der Waals surface area contributed by atoms with Crippen LogP contribution in [0.4, 0.5) is 10.5 Å². The third-order valence-corrected chi connectivity index (χ3v) is 4.85. The van der Waals surface area contributed by atoms with E-state index in [1.165, 1.54) is 25.2 Å². The normalized spacial score (nSPS) is 16.5. The summed E-state index contributed by atoms with van der Waals surface area (Å²) in [6.45, 7) is 5.53. The van der Waals surface area contributed by atoms with E-state index in [0.29, 0.717) is 13.0 Å². The lowest BCUT2D eigenvalue weighted by Crippen LogP contribution is -2.48. The SMILES string of the molecule is CNC(=O)C(=O)C(C[C@@H]1CCNC1=O)NC(=O)c1cc(Cl)ccc1NC(=O)OC(C)(C)C. The summed E-state index contributed by atoms with van der Waals surface area (Å²) in [4.78, 5) is 61.6. The highest BCUT2D eigenvalue weighted by Crippen LogP contribution is 2.23. The average Bonchev–Trinajstić information content (AvgIpc) is 3.10. The molecule has 0 bridgehead atoms. The summed E-state index contributed by atoms with van der Waals surface area (Å²) >= 11 is 6.02. The summed E-state index contributed by atoms with van der Waals surface area (Å²) in [5.74, 6) is -3.30. The summed E-state index contributed by atoms with van der Waals surface area (Å²) in [6.07, 6.45) is -0.344. The lowest BCUT2D eigenvalue weighted by atomic mass is 9.95. The zero-order chi connectivity index (χ0) is 24.1. The van der Waals surface area contributed by atoms with Gasteiger partial charge in [0.05, 0.1) is 17.3 Å². The van der Waals surface area contributed by atoms with E-state index in [4.69, 9.17) is 16.3 Å². The number of ketones is 1. The summed E-state index contributed by atoms with van der Waals surface area (Å²) < 4.78 is 5.21. The van der Waals surface area contributed by atoms with E-state index in [0.717, 1.165) is 0 Å². The summed E-state index contributed by atoms with van der Waals surface area (Å²) in [7, 11) is 1.29. The number of anilines is 1. The standard InChI is InChI=1S/C21H27ClN4O6/c1-21(2,3)32-20(31)26-14-6-5-12(22)10-13(14)18(29)25-15(16(27)19(30)23-4)9-11-7-8-24-17(11)28/h5-6,10-11,15H,7-9H2,1-4H3,(H,23,30)(H,24,28)(H,25,29)(H,26,31)/t11-,15?/m0/s1. The lowest BCUT2D eigenvalue weighted by Gasteiger charge is -2.22. The number of rotatable bonds is 7. The van der Waals surface area contributed by atoms with Crippen molar-refractivity contribution in [3.05, 3.63) is 28.8 Å². The Balaban J connectivity index is 2.26. The van der Waals surface area contributed by atoms with Gasteiger partial charge in [-0.3, -0.25) is 24.5 Å². The van der Waals surface area contributed by atoms with Crippen molar-refractivity contribution in [3.8, 4) is 0 Å². The number of nitrogens with one attached hydrogen (secondary N) is 4. The van der Waals surface area contributed by atoms with Gasteiger partial charge in [-0.2, -0.15) is 0 Å². The monoisotopic (exact) mass is 466 g/mol. The quantitative estimate of drug-likeness (QED) is 0.450. The molecule has 1 aromatic rings. The number of carbonyl (C=O) groups is 5. The van der Waals surface area contributed by atoms with Gasteiger partial charge in [-0.25, -0.2) is 4.79 Å². The number of benzene rings is 1. The maximum Gasteiger partial charge on any atom is 0.412 e. The molecular formula is C21H27ClN4O6. The van der Waals surface area contributed by atoms with Crippen molar-refractivity contribution in [2.24, 2.45) is 5.92 Å². The van der Waals surface area contributed by atoms with Crippen molar-refractivity contribution in [3.63, 3.8) is 0 Å². The highest BCUT2D eigenvalue weighted by atomic mass is 35.5. The molecule has 0 aromatic heterocycles. The fourth-order valence-corrected chi connectivity index (χ4v) is 3.30. The van der Waals surface area contributed by atoms with E-state index in [1.54, 1.807) is 20.8 Å². The summed E-state index contributed by atoms with van der Waals surface area (Å²) in [5, 5.41) is 10.1. The van der Waals surface area contributed by atoms with Gasteiger partial charge in [-0.05, 0) is 51.8 Å². The molecule has 1 aromatic carbocycles. The van der Waals surface area contributed by atoms with Crippen LogP contribution in [0.1, 0.15) is 44.0 Å². The van der Waals surface area contributed by atoms with Gasteiger partial charge in [0.2, 0.25) is 11.7 Å². The molecule has 1 unspecified atom stereocenters. The molecule has 0 saturated carbocycles. The average molecular weight is 467 g/mol. The molecule has 1 heterocycles. The van der Waals surface area contributed by atoms with Crippen molar-refractivity contribution in [1.82, 2.24) is 16.0 Å². The molecule has 1 fully saturated rings. The number of hydrogen-bond acceptors (Lipinski definition) is 6. The van der Waals surface area contributed by atoms with Crippen LogP contribution >= 0.6 is 11.6 Å². The van der Waals surface area contributed by atoms with Crippen LogP contribution in [0, 0.1) is 5.92 Å². The van der Waals surface area contributed by atoms with Gasteiger partial charge in [0.15, 0.2) is 0 Å². The Morgan fingerprint density at radius 2 is 1.94 bits per heavy atom. The van der Waals surface area contributed by atoms with Gasteiger partial charge in [0.25, 0.3) is 11.8 Å². The summed E-state index contributed by atoms with van der Waals surface area (Å²) in [5.41, 5.74) is -0.689. The number of halogens is 1. The zero-order valence-corrected chi connectivity index (χ0v) is 19.1. The number of Topliss-reactive ketones (excluding diaryl/α,β-unsaturated/α-hetero) is 1. The third kappa shape index (κ3) is 6.94. The molecule has 4 N–H and O–H groups in total. The molecule has 2 atom stereocenters. The summed E-state index contributed by atoms with van der Waals surface area (Å²) in [6, 6.07) is 2.96. The van der Waals surface area contributed by atoms with Crippen LogP contribution in [0.2, 0.25) is 5.02 Å². The Morgan fingerprint density at radius 3 is 2.50 bits per heavy atom. The van der Waals surface area contributed by atoms with E-state index < -0.39 is 41.3 Å². The second kappa shape index (κ2) is 10.4. The second-order valence-electron chi connectivity index (χ2n) is 8.30. The first kappa shape index (κ1) is 25.1. The third-order valence-electron chi connectivity index (χ3n) is 4.62. The Bertz CT molecular complexity index is 927. The zero-order valence-electron chi connectivity index (χ0n) is 18.3. The number of amides is 4. The maximum atomic E-state index is 13.0. The molecule has 1 aliphatic rings. The van der Waals surface area contributed by atoms with Crippen LogP contribution in [0.3, 0.4) is 0 Å². The molecule has 1 saturated heterocycles. The Kier molecular flexibility index (Phi) is 8.20. The van der Waals surface area contributed by atoms with Crippen LogP contribution in [-0.2, 0) is 19.1 Å². The van der Waals surface area contributed by atoms with Gasteiger partial charge in [0, 0.05) is 24.5 Å². The van der Waals surface area contributed by atoms with E-state index in [-0.39, 0.29) is 28.6 Å². The molecule has 1 aliphatic heterocycles. The number of carbonyl (C=O) groups excluding carboxylic acids is 5. The minimum atomic E-state index is -1.25. The van der Waals surface area contributed by atoms with Gasteiger partial charge in [-0.1, -0.05) is 11.6 Å². The topological polar surface area (TPSA) is 143 Å². The smallest absolute Gasteiger partial charge is 0.412 e. The molecule has 0 aliphatic carbocycles. The minimum absolute atomic E-state index is 0.0334. The Hall–Kier alpha value is -3.14. The largest absolute Gasteiger partial charge is 0.444 e. The van der Waals surface area contributed by atoms with Crippen molar-refractivity contribution < 1.29 is 28.7 Å². The highest BCUT2D eigenvalue weighted by molar-refractivity contribution is 6.38. The molecule has 4 amide bonds. The van der Waals surface area contributed by atoms with E-state index in [1.807, 2.05) is 0 Å². The molecule has 11 heteroatoms. The number of hydrogen-bond donors (Lipinski definition) is 4. The molecule has 0 spiro atoms. The van der Waals surface area contributed by atoms with Crippen LogP contribution in [-0.4, -0.2) is 54.8 Å². The molecule has 32 heavy (non-hydrogen) atoms. The van der Waals surface area contributed by atoms with Gasteiger partial charge >= 0.3 is 6.09 Å². The van der Waals surface area contributed by atoms with Gasteiger partial charge in [-0.15, -0.1) is 0 Å². The van der Waals surface area contributed by atoms with Gasteiger partial charge < -0.3 is 20.7 Å². The first-order chi connectivity index (χ1) is 14.9. The molecule has 0 radical (unpaired) electrons. The Morgan fingerprint density at radius 1 is 1.25 bits per heavy atom. The van der Waals surface area contributed by atoms with Crippen LogP contribution in [0.5, 0.6) is 0 Å². The first-order valence-electron chi connectivity index (χ1n) is 10.1. The molecule has 174 valence electrons. The lowest BCUT2D eigenvalue weighted by molar-refractivity contribution is -0.139. The van der Waals surface area contributed by atoms with Crippen molar-refractivity contribution in [2.75, 3.05) is 18.9 Å². The first-order valence-corrected chi connectivity index (χ1v) is 10.4. The van der Waals surface area contributed by atoms with Crippen molar-refractivity contribution >= 4 is 46.9 Å². The predicted octanol–water partition coefficient (Wildman–Crippen LogP) is 1.63. The molecular weight excluding hydrogens is 440 g/mol. The number of ether oxygens (including phenoxy) is 1. The fraction of sp³-hybridized carbons (Fsp3) is 0.476. The van der Waals surface area contributed by atoms with E-state index in [2.05, 4.69) is 21.3 Å². The molecule has 10 nitrogen and oxygen atoms in total. The highest BCUT2D eigenvalue weighted by Gasteiger charge is 2.34. The maximum absolute atomic E-state index is 13.0. The van der Waals surface area contributed by atoms with E-state index in [9.17, 15) is 24.0 Å². The minimum Gasteiger partial charge on any atom is -0.444 e.